The number of halogens is 1. The van der Waals surface area contributed by atoms with E-state index in [0.717, 1.165) is 12.8 Å². The maximum atomic E-state index is 12.7. The van der Waals surface area contributed by atoms with Crippen molar-refractivity contribution in [3.05, 3.63) is 68.6 Å². The number of aromatic amines is 1. The van der Waals surface area contributed by atoms with Crippen molar-refractivity contribution in [2.24, 2.45) is 0 Å². The molecule has 1 atom stereocenters. The first kappa shape index (κ1) is 16.4. The molecule has 1 aromatic heterocycles. The van der Waals surface area contributed by atoms with Crippen molar-refractivity contribution in [2.45, 2.75) is 30.8 Å². The molecule has 1 aliphatic carbocycles. The van der Waals surface area contributed by atoms with Crippen molar-refractivity contribution in [1.82, 2.24) is 9.88 Å². The maximum absolute atomic E-state index is 12.7. The third-order valence-corrected chi connectivity index (χ3v) is 5.93. The van der Waals surface area contributed by atoms with Gasteiger partial charge >= 0.3 is 0 Å². The van der Waals surface area contributed by atoms with E-state index >= 15 is 0 Å². The standard InChI is InChI=1S/C19H19ClN2O3/c20-15-9-13(11-21-17(15)24)18(25)22-7-5-19(6-8-22)14-4-2-1-3-12(14)10-16(19)23/h1-4,9,11,16,23H,5-8,10H2,(H,21,24)/t16-/m0/s1. The molecule has 130 valence electrons. The van der Waals surface area contributed by atoms with Gasteiger partial charge in [0.05, 0.1) is 11.7 Å². The second kappa shape index (κ2) is 6.00. The third kappa shape index (κ3) is 2.58. The number of hydrogen-bond donors (Lipinski definition) is 2. The summed E-state index contributed by atoms with van der Waals surface area (Å²) >= 11 is 5.82. The van der Waals surface area contributed by atoms with Crippen LogP contribution in [0.25, 0.3) is 0 Å². The molecule has 0 radical (unpaired) electrons. The molecule has 6 heteroatoms. The van der Waals surface area contributed by atoms with Crippen molar-refractivity contribution < 1.29 is 9.90 Å². The van der Waals surface area contributed by atoms with Gasteiger partial charge in [0.2, 0.25) is 0 Å². The fourth-order valence-electron chi connectivity index (χ4n) is 4.24. The molecule has 0 saturated carbocycles. The van der Waals surface area contributed by atoms with E-state index < -0.39 is 11.7 Å². The molecule has 2 N–H and O–H groups in total. The molecule has 0 bridgehead atoms. The van der Waals surface area contributed by atoms with Crippen molar-refractivity contribution >= 4 is 17.5 Å². The van der Waals surface area contributed by atoms with Crippen molar-refractivity contribution in [3.63, 3.8) is 0 Å². The lowest BCUT2D eigenvalue weighted by molar-refractivity contribution is 0.0365. The van der Waals surface area contributed by atoms with Gasteiger partial charge < -0.3 is 15.0 Å². The Morgan fingerprint density at radius 1 is 1.28 bits per heavy atom. The lowest BCUT2D eigenvalue weighted by Gasteiger charge is -2.42. The monoisotopic (exact) mass is 358 g/mol. The lowest BCUT2D eigenvalue weighted by atomic mass is 9.72. The Morgan fingerprint density at radius 2 is 2.00 bits per heavy atom. The number of carbonyl (C=O) groups is 1. The van der Waals surface area contributed by atoms with Gasteiger partial charge in [-0.2, -0.15) is 0 Å². The van der Waals surface area contributed by atoms with Crippen LogP contribution in [0.15, 0.2) is 41.3 Å². The zero-order valence-electron chi connectivity index (χ0n) is 13.7. The van der Waals surface area contributed by atoms with Gasteiger partial charge in [-0.3, -0.25) is 9.59 Å². The molecule has 4 rings (SSSR count). The number of rotatable bonds is 1. The van der Waals surface area contributed by atoms with Gasteiger partial charge in [-0.15, -0.1) is 0 Å². The predicted octanol–water partition coefficient (Wildman–Crippen LogP) is 2.12. The summed E-state index contributed by atoms with van der Waals surface area (Å²) in [6.45, 7) is 1.14. The molecule has 2 heterocycles. The van der Waals surface area contributed by atoms with E-state index in [4.69, 9.17) is 11.6 Å². The second-order valence-corrected chi connectivity index (χ2v) is 7.30. The summed E-state index contributed by atoms with van der Waals surface area (Å²) in [4.78, 5) is 28.3. The van der Waals surface area contributed by atoms with Gasteiger partial charge in [0.15, 0.2) is 0 Å². The number of aliphatic hydroxyl groups is 1. The van der Waals surface area contributed by atoms with E-state index in [1.807, 2.05) is 12.1 Å². The summed E-state index contributed by atoms with van der Waals surface area (Å²) < 4.78 is 0. The van der Waals surface area contributed by atoms with Crippen molar-refractivity contribution in [1.29, 1.82) is 0 Å². The molecule has 25 heavy (non-hydrogen) atoms. The van der Waals surface area contributed by atoms with Crippen LogP contribution in [-0.2, 0) is 11.8 Å². The van der Waals surface area contributed by atoms with Crippen LogP contribution in [0.1, 0.15) is 34.3 Å². The van der Waals surface area contributed by atoms with E-state index in [1.54, 1.807) is 4.90 Å². The Labute approximate surface area is 150 Å². The Bertz CT molecular complexity index is 884. The fraction of sp³-hybridized carbons (Fsp3) is 0.368. The number of pyridine rings is 1. The summed E-state index contributed by atoms with van der Waals surface area (Å²) in [7, 11) is 0. The molecule has 1 spiro atoms. The summed E-state index contributed by atoms with van der Waals surface area (Å²) in [6, 6.07) is 9.60. The van der Waals surface area contributed by atoms with Crippen LogP contribution in [0.3, 0.4) is 0 Å². The minimum Gasteiger partial charge on any atom is -0.392 e. The van der Waals surface area contributed by atoms with Crippen LogP contribution in [0.2, 0.25) is 5.02 Å². The minimum absolute atomic E-state index is 0.0134. The number of likely N-dealkylation sites (tertiary alicyclic amines) is 1. The third-order valence-electron chi connectivity index (χ3n) is 5.65. The Morgan fingerprint density at radius 3 is 2.72 bits per heavy atom. The summed E-state index contributed by atoms with van der Waals surface area (Å²) in [6.07, 6.45) is 3.15. The molecule has 1 fully saturated rings. The Balaban J connectivity index is 1.54. The molecule has 2 aromatic rings. The number of nitrogens with zero attached hydrogens (tertiary/aromatic N) is 1. The lowest BCUT2D eigenvalue weighted by Crippen LogP contribution is -2.49. The quantitative estimate of drug-likeness (QED) is 0.820. The SMILES string of the molecule is O=C(c1c[nH]c(=O)c(Cl)c1)N1CCC2(CC1)c1ccccc1C[C@@H]2O. The maximum Gasteiger partial charge on any atom is 0.266 e. The Kier molecular flexibility index (Phi) is 3.93. The van der Waals surface area contributed by atoms with Gasteiger partial charge in [0.1, 0.15) is 5.02 Å². The van der Waals surface area contributed by atoms with E-state index in [1.165, 1.54) is 23.4 Å². The van der Waals surface area contributed by atoms with E-state index in [0.29, 0.717) is 25.1 Å². The number of aliphatic hydroxyl groups excluding tert-OH is 1. The number of amides is 1. The van der Waals surface area contributed by atoms with Crippen LogP contribution in [0.5, 0.6) is 0 Å². The van der Waals surface area contributed by atoms with Gasteiger partial charge in [-0.1, -0.05) is 35.9 Å². The van der Waals surface area contributed by atoms with Gasteiger partial charge in [0, 0.05) is 24.7 Å². The molecule has 0 unspecified atom stereocenters. The number of benzene rings is 1. The molecule has 1 aliphatic heterocycles. The van der Waals surface area contributed by atoms with E-state index in [9.17, 15) is 14.7 Å². The van der Waals surface area contributed by atoms with E-state index in [2.05, 4.69) is 17.1 Å². The number of carbonyl (C=O) groups excluding carboxylic acids is 1. The smallest absolute Gasteiger partial charge is 0.266 e. The zero-order valence-corrected chi connectivity index (χ0v) is 14.4. The van der Waals surface area contributed by atoms with Crippen molar-refractivity contribution in [2.75, 3.05) is 13.1 Å². The molecule has 1 aromatic carbocycles. The second-order valence-electron chi connectivity index (χ2n) is 6.89. The highest BCUT2D eigenvalue weighted by Crippen LogP contribution is 2.46. The Hall–Kier alpha value is -2.11. The van der Waals surface area contributed by atoms with Gasteiger partial charge in [-0.25, -0.2) is 0 Å². The van der Waals surface area contributed by atoms with Crippen LogP contribution in [0.4, 0.5) is 0 Å². The number of aromatic nitrogens is 1. The van der Waals surface area contributed by atoms with Crippen LogP contribution in [0, 0.1) is 0 Å². The molecule has 2 aliphatic rings. The van der Waals surface area contributed by atoms with E-state index in [-0.39, 0.29) is 16.3 Å². The molecular formula is C19H19ClN2O3. The first-order valence-corrected chi connectivity index (χ1v) is 8.83. The topological polar surface area (TPSA) is 73.4 Å². The normalized spacial score (nSPS) is 21.4. The molecule has 1 saturated heterocycles. The fourth-order valence-corrected chi connectivity index (χ4v) is 4.41. The summed E-state index contributed by atoms with van der Waals surface area (Å²) in [5, 5.41) is 10.7. The first-order chi connectivity index (χ1) is 12.0. The minimum atomic E-state index is -0.401. The predicted molar refractivity (Wildman–Crippen MR) is 95.0 cm³/mol. The zero-order chi connectivity index (χ0) is 17.6. The molecular weight excluding hydrogens is 340 g/mol. The molecule has 1 amide bonds. The number of H-pyrrole nitrogens is 1. The average molecular weight is 359 g/mol. The largest absolute Gasteiger partial charge is 0.392 e. The van der Waals surface area contributed by atoms with Gasteiger partial charge in [0.25, 0.3) is 11.5 Å². The highest BCUT2D eigenvalue weighted by atomic mass is 35.5. The first-order valence-electron chi connectivity index (χ1n) is 8.45. The number of hydrogen-bond acceptors (Lipinski definition) is 3. The van der Waals surface area contributed by atoms with Gasteiger partial charge in [-0.05, 0) is 36.5 Å². The van der Waals surface area contributed by atoms with Crippen LogP contribution < -0.4 is 5.56 Å². The van der Waals surface area contributed by atoms with Crippen LogP contribution in [-0.4, -0.2) is 40.1 Å². The van der Waals surface area contributed by atoms with Crippen LogP contribution >= 0.6 is 11.6 Å². The highest BCUT2D eigenvalue weighted by Gasteiger charge is 2.48. The number of nitrogens with one attached hydrogen (secondary N) is 1. The highest BCUT2D eigenvalue weighted by molar-refractivity contribution is 6.30. The number of piperidine rings is 1. The average Bonchev–Trinajstić information content (AvgIpc) is 2.89. The van der Waals surface area contributed by atoms with Crippen molar-refractivity contribution in [3.8, 4) is 0 Å². The molecule has 5 nitrogen and oxygen atoms in total. The summed E-state index contributed by atoms with van der Waals surface area (Å²) in [5.74, 6) is -0.145. The number of fused-ring (bicyclic) bond motifs is 2. The summed E-state index contributed by atoms with van der Waals surface area (Å²) in [5.41, 5.74) is 2.16.